The van der Waals surface area contributed by atoms with E-state index in [-0.39, 0.29) is 11.9 Å². The molecule has 1 unspecified atom stereocenters. The Kier molecular flexibility index (Phi) is 4.06. The molecule has 1 aromatic carbocycles. The summed E-state index contributed by atoms with van der Waals surface area (Å²) in [5.41, 5.74) is 8.89. The molecule has 6 nitrogen and oxygen atoms in total. The van der Waals surface area contributed by atoms with Gasteiger partial charge in [-0.25, -0.2) is 4.68 Å². The number of aromatic nitrogens is 3. The maximum Gasteiger partial charge on any atom is 0.273 e. The first kappa shape index (κ1) is 15.3. The Morgan fingerprint density at radius 2 is 1.96 bits per heavy atom. The Morgan fingerprint density at radius 3 is 2.79 bits per heavy atom. The van der Waals surface area contributed by atoms with Crippen molar-refractivity contribution in [2.75, 3.05) is 0 Å². The molecule has 0 bridgehead atoms. The average molecular weight is 325 g/mol. The van der Waals surface area contributed by atoms with Crippen LogP contribution in [0, 0.1) is 0 Å². The van der Waals surface area contributed by atoms with Crippen LogP contribution in [0.3, 0.4) is 0 Å². The van der Waals surface area contributed by atoms with Crippen LogP contribution >= 0.6 is 0 Å². The summed E-state index contributed by atoms with van der Waals surface area (Å²) in [5, 5.41) is 11.3. The van der Waals surface area contributed by atoms with Gasteiger partial charge in [-0.3, -0.25) is 4.79 Å². The Hall–Kier alpha value is -2.21. The summed E-state index contributed by atoms with van der Waals surface area (Å²) in [4.78, 5) is 12.5. The molecule has 1 saturated carbocycles. The molecule has 2 aliphatic carbocycles. The predicted octanol–water partition coefficient (Wildman–Crippen LogP) is 2.14. The third kappa shape index (κ3) is 2.94. The number of benzene rings is 1. The summed E-state index contributed by atoms with van der Waals surface area (Å²) in [5.74, 6) is -0.143. The molecule has 24 heavy (non-hydrogen) atoms. The van der Waals surface area contributed by atoms with Crippen LogP contribution in [-0.4, -0.2) is 26.9 Å². The Bertz CT molecular complexity index is 733. The molecule has 6 heteroatoms. The number of nitrogens with zero attached hydrogens (tertiary/aromatic N) is 3. The highest BCUT2D eigenvalue weighted by atomic mass is 16.2. The molecule has 1 aromatic heterocycles. The van der Waals surface area contributed by atoms with Crippen molar-refractivity contribution in [2.24, 2.45) is 5.73 Å². The number of rotatable bonds is 3. The van der Waals surface area contributed by atoms with Crippen LogP contribution in [0.5, 0.6) is 0 Å². The van der Waals surface area contributed by atoms with E-state index in [4.69, 9.17) is 5.73 Å². The number of aryl methyl sites for hydroxylation is 1. The fourth-order valence-corrected chi connectivity index (χ4v) is 3.86. The molecule has 0 spiro atoms. The van der Waals surface area contributed by atoms with Crippen molar-refractivity contribution in [1.29, 1.82) is 0 Å². The fourth-order valence-electron chi connectivity index (χ4n) is 3.86. The normalized spacial score (nSPS) is 26.1. The van der Waals surface area contributed by atoms with Gasteiger partial charge >= 0.3 is 0 Å². The first-order valence-electron chi connectivity index (χ1n) is 8.77. The van der Waals surface area contributed by atoms with Crippen molar-refractivity contribution >= 4 is 5.91 Å². The lowest BCUT2D eigenvalue weighted by atomic mass is 9.92. The quantitative estimate of drug-likeness (QED) is 0.905. The van der Waals surface area contributed by atoms with Gasteiger partial charge in [-0.1, -0.05) is 29.5 Å². The zero-order valence-corrected chi connectivity index (χ0v) is 13.7. The van der Waals surface area contributed by atoms with Gasteiger partial charge in [0.05, 0.1) is 18.3 Å². The van der Waals surface area contributed by atoms with E-state index in [1.54, 1.807) is 6.20 Å². The predicted molar refractivity (Wildman–Crippen MR) is 90.5 cm³/mol. The van der Waals surface area contributed by atoms with Gasteiger partial charge in [0, 0.05) is 6.04 Å². The van der Waals surface area contributed by atoms with Gasteiger partial charge in [0.25, 0.3) is 5.91 Å². The van der Waals surface area contributed by atoms with E-state index in [1.165, 1.54) is 11.1 Å². The van der Waals surface area contributed by atoms with Crippen molar-refractivity contribution in [3.8, 4) is 0 Å². The van der Waals surface area contributed by atoms with Gasteiger partial charge in [0.15, 0.2) is 5.69 Å². The number of nitrogens with two attached hydrogens (primary N) is 1. The molecule has 3 N–H and O–H groups in total. The molecule has 1 heterocycles. The third-order valence-corrected chi connectivity index (χ3v) is 5.30. The number of nitrogens with one attached hydrogen (secondary N) is 1. The molecule has 0 saturated heterocycles. The number of hydrogen-bond acceptors (Lipinski definition) is 4. The highest BCUT2D eigenvalue weighted by molar-refractivity contribution is 5.92. The lowest BCUT2D eigenvalue weighted by Crippen LogP contribution is -2.28. The smallest absolute Gasteiger partial charge is 0.273 e. The lowest BCUT2D eigenvalue weighted by molar-refractivity contribution is 0.0931. The molecule has 0 radical (unpaired) electrons. The zero-order chi connectivity index (χ0) is 16.5. The maximum absolute atomic E-state index is 12.5. The SMILES string of the molecule is NC1CCC(n2cc(C(=O)NC3CCc4ccccc43)nn2)CC1. The summed E-state index contributed by atoms with van der Waals surface area (Å²) in [6.07, 6.45) is 7.74. The van der Waals surface area contributed by atoms with Crippen molar-refractivity contribution in [3.05, 3.63) is 47.3 Å². The van der Waals surface area contributed by atoms with E-state index >= 15 is 0 Å². The average Bonchev–Trinajstić information content (AvgIpc) is 3.23. The van der Waals surface area contributed by atoms with Crippen molar-refractivity contribution < 1.29 is 4.79 Å². The van der Waals surface area contributed by atoms with Gasteiger partial charge in [0.1, 0.15) is 0 Å². The molecular weight excluding hydrogens is 302 g/mol. The number of amides is 1. The number of hydrogen-bond donors (Lipinski definition) is 2. The van der Waals surface area contributed by atoms with Crippen LogP contribution in [-0.2, 0) is 6.42 Å². The second-order valence-electron chi connectivity index (χ2n) is 6.92. The summed E-state index contributed by atoms with van der Waals surface area (Å²) in [6.45, 7) is 0. The van der Waals surface area contributed by atoms with Gasteiger partial charge in [-0.15, -0.1) is 5.10 Å². The Labute approximate surface area is 141 Å². The monoisotopic (exact) mass is 325 g/mol. The molecule has 1 atom stereocenters. The van der Waals surface area contributed by atoms with E-state index in [0.717, 1.165) is 38.5 Å². The van der Waals surface area contributed by atoms with Gasteiger partial charge < -0.3 is 11.1 Å². The number of fused-ring (bicyclic) bond motifs is 1. The third-order valence-electron chi connectivity index (χ3n) is 5.30. The molecular formula is C18H23N5O. The van der Waals surface area contributed by atoms with Crippen LogP contribution < -0.4 is 11.1 Å². The summed E-state index contributed by atoms with van der Waals surface area (Å²) >= 11 is 0. The molecule has 4 rings (SSSR count). The summed E-state index contributed by atoms with van der Waals surface area (Å²) in [6, 6.07) is 8.98. The van der Waals surface area contributed by atoms with E-state index in [1.807, 2.05) is 16.8 Å². The second-order valence-corrected chi connectivity index (χ2v) is 6.92. The van der Waals surface area contributed by atoms with E-state index < -0.39 is 0 Å². The fraction of sp³-hybridized carbons (Fsp3) is 0.500. The molecule has 126 valence electrons. The lowest BCUT2D eigenvalue weighted by Gasteiger charge is -2.25. The molecule has 1 amide bonds. The zero-order valence-electron chi connectivity index (χ0n) is 13.7. The molecule has 2 aromatic rings. The van der Waals surface area contributed by atoms with Crippen LogP contribution in [0.25, 0.3) is 0 Å². The van der Waals surface area contributed by atoms with Crippen molar-refractivity contribution in [2.45, 2.75) is 56.7 Å². The first-order chi connectivity index (χ1) is 11.7. The largest absolute Gasteiger partial charge is 0.344 e. The van der Waals surface area contributed by atoms with E-state index in [0.29, 0.717) is 17.8 Å². The topological polar surface area (TPSA) is 85.8 Å². The molecule has 1 fully saturated rings. The minimum atomic E-state index is -0.143. The van der Waals surface area contributed by atoms with Gasteiger partial charge in [-0.2, -0.15) is 0 Å². The van der Waals surface area contributed by atoms with Gasteiger partial charge in [-0.05, 0) is 49.7 Å². The van der Waals surface area contributed by atoms with Crippen LogP contribution in [0.4, 0.5) is 0 Å². The van der Waals surface area contributed by atoms with E-state index in [9.17, 15) is 4.79 Å². The van der Waals surface area contributed by atoms with Crippen LogP contribution in [0.1, 0.15) is 65.8 Å². The highest BCUT2D eigenvalue weighted by Gasteiger charge is 2.26. The van der Waals surface area contributed by atoms with Crippen LogP contribution in [0.2, 0.25) is 0 Å². The maximum atomic E-state index is 12.5. The Balaban J connectivity index is 1.43. The number of carbonyl (C=O) groups is 1. The van der Waals surface area contributed by atoms with E-state index in [2.05, 4.69) is 27.8 Å². The van der Waals surface area contributed by atoms with Crippen LogP contribution in [0.15, 0.2) is 30.5 Å². The minimum absolute atomic E-state index is 0.0755. The first-order valence-corrected chi connectivity index (χ1v) is 8.77. The molecule has 0 aliphatic heterocycles. The summed E-state index contributed by atoms with van der Waals surface area (Å²) in [7, 11) is 0. The second kappa shape index (κ2) is 6.36. The molecule has 2 aliphatic rings. The van der Waals surface area contributed by atoms with Crippen molar-refractivity contribution in [3.63, 3.8) is 0 Å². The number of carbonyl (C=O) groups excluding carboxylic acids is 1. The Morgan fingerprint density at radius 1 is 1.17 bits per heavy atom. The van der Waals surface area contributed by atoms with Gasteiger partial charge in [0.2, 0.25) is 0 Å². The van der Waals surface area contributed by atoms with Crippen molar-refractivity contribution in [1.82, 2.24) is 20.3 Å². The summed E-state index contributed by atoms with van der Waals surface area (Å²) < 4.78 is 1.84. The standard InChI is InChI=1S/C18H23N5O/c19-13-6-8-14(9-7-13)23-11-17(21-22-23)18(24)20-16-10-5-12-3-1-2-4-15(12)16/h1-4,11,13-14,16H,5-10,19H2,(H,20,24). The highest BCUT2D eigenvalue weighted by Crippen LogP contribution is 2.31. The minimum Gasteiger partial charge on any atom is -0.344 e.